The summed E-state index contributed by atoms with van der Waals surface area (Å²) in [7, 11) is 0. The second-order valence-corrected chi connectivity index (χ2v) is 4.90. The molecule has 0 unspecified atom stereocenters. The van der Waals surface area contributed by atoms with E-state index in [4.69, 9.17) is 0 Å². The van der Waals surface area contributed by atoms with E-state index in [0.717, 1.165) is 26.1 Å². The summed E-state index contributed by atoms with van der Waals surface area (Å²) in [5, 5.41) is 12.5. The van der Waals surface area contributed by atoms with Crippen molar-refractivity contribution in [1.29, 1.82) is 0 Å². The van der Waals surface area contributed by atoms with Gasteiger partial charge in [0.2, 0.25) is 0 Å². The van der Waals surface area contributed by atoms with E-state index >= 15 is 0 Å². The molecular formula is C15H22N4O2. The van der Waals surface area contributed by atoms with Gasteiger partial charge < -0.3 is 15.3 Å². The Labute approximate surface area is 124 Å². The van der Waals surface area contributed by atoms with Crippen LogP contribution in [-0.4, -0.2) is 51.5 Å². The van der Waals surface area contributed by atoms with Gasteiger partial charge in [0, 0.05) is 19.3 Å². The first-order valence-corrected chi connectivity index (χ1v) is 7.34. The molecular weight excluding hydrogens is 268 g/mol. The van der Waals surface area contributed by atoms with Gasteiger partial charge in [-0.1, -0.05) is 19.9 Å². The average molecular weight is 290 g/mol. The van der Waals surface area contributed by atoms with E-state index in [9.17, 15) is 9.90 Å². The van der Waals surface area contributed by atoms with Crippen molar-refractivity contribution in [3.63, 3.8) is 0 Å². The first-order chi connectivity index (χ1) is 10.2. The summed E-state index contributed by atoms with van der Waals surface area (Å²) in [6, 6.07) is 5.44. The Hall–Kier alpha value is -2.08. The number of carboxylic acids is 1. The first-order valence-electron chi connectivity index (χ1n) is 7.34. The van der Waals surface area contributed by atoms with E-state index in [0.29, 0.717) is 18.0 Å². The Kier molecular flexibility index (Phi) is 5.16. The number of carbonyl (C=O) groups is 1. The van der Waals surface area contributed by atoms with E-state index in [1.165, 1.54) is 0 Å². The van der Waals surface area contributed by atoms with Gasteiger partial charge in [0.25, 0.3) is 0 Å². The summed E-state index contributed by atoms with van der Waals surface area (Å²) in [6.45, 7) is 7.88. The van der Waals surface area contributed by atoms with E-state index in [2.05, 4.69) is 29.0 Å². The van der Waals surface area contributed by atoms with Crippen molar-refractivity contribution in [2.75, 3.05) is 31.5 Å². The Morgan fingerprint density at radius 1 is 1.38 bits per heavy atom. The molecule has 6 heteroatoms. The Bertz CT molecular complexity index is 609. The molecule has 0 radical (unpaired) electrons. The number of hydrogen-bond acceptors (Lipinski definition) is 4. The maximum absolute atomic E-state index is 11.4. The van der Waals surface area contributed by atoms with Gasteiger partial charge in [0.15, 0.2) is 11.5 Å². The molecule has 0 atom stereocenters. The van der Waals surface area contributed by atoms with Crippen LogP contribution in [0.4, 0.5) is 5.82 Å². The number of likely N-dealkylation sites (N-methyl/N-ethyl adjacent to an activating group) is 1. The van der Waals surface area contributed by atoms with Crippen LogP contribution in [-0.2, 0) is 0 Å². The van der Waals surface area contributed by atoms with Crippen molar-refractivity contribution in [1.82, 2.24) is 14.3 Å². The summed E-state index contributed by atoms with van der Waals surface area (Å²) in [5.74, 6) is -0.543. The number of aromatic carboxylic acids is 1. The molecule has 0 saturated heterocycles. The van der Waals surface area contributed by atoms with Crippen LogP contribution in [0.1, 0.15) is 30.8 Å². The number of imidazole rings is 1. The molecule has 2 aromatic rings. The average Bonchev–Trinajstić information content (AvgIpc) is 2.84. The predicted molar refractivity (Wildman–Crippen MR) is 83.0 cm³/mol. The van der Waals surface area contributed by atoms with Crippen molar-refractivity contribution < 1.29 is 9.90 Å². The fourth-order valence-corrected chi connectivity index (χ4v) is 2.40. The molecule has 0 aliphatic rings. The number of carboxylic acid groups (broad SMARTS) is 1. The quantitative estimate of drug-likeness (QED) is 0.780. The van der Waals surface area contributed by atoms with E-state index in [1.807, 2.05) is 6.07 Å². The molecule has 21 heavy (non-hydrogen) atoms. The van der Waals surface area contributed by atoms with Crippen molar-refractivity contribution in [2.24, 2.45) is 0 Å². The van der Waals surface area contributed by atoms with Gasteiger partial charge in [-0.25, -0.2) is 9.78 Å². The molecule has 0 aromatic carbocycles. The molecule has 2 rings (SSSR count). The monoisotopic (exact) mass is 290 g/mol. The second kappa shape index (κ2) is 7.08. The minimum absolute atomic E-state index is 0.184. The molecule has 2 aromatic heterocycles. The lowest BCUT2D eigenvalue weighted by Gasteiger charge is -2.19. The maximum atomic E-state index is 11.4. The molecule has 0 fully saturated rings. The number of aromatic nitrogens is 2. The lowest BCUT2D eigenvalue weighted by molar-refractivity contribution is 0.0690. The Morgan fingerprint density at radius 2 is 2.19 bits per heavy atom. The molecule has 0 amide bonds. The van der Waals surface area contributed by atoms with Crippen LogP contribution in [0, 0.1) is 0 Å². The highest BCUT2D eigenvalue weighted by Gasteiger charge is 2.17. The highest BCUT2D eigenvalue weighted by Crippen LogP contribution is 2.17. The third kappa shape index (κ3) is 3.52. The number of hydrogen-bond donors (Lipinski definition) is 2. The second-order valence-electron chi connectivity index (χ2n) is 4.90. The highest BCUT2D eigenvalue weighted by atomic mass is 16.4. The molecule has 0 aliphatic heterocycles. The van der Waals surface area contributed by atoms with Crippen LogP contribution >= 0.6 is 0 Å². The van der Waals surface area contributed by atoms with Crippen molar-refractivity contribution in [2.45, 2.75) is 20.3 Å². The zero-order valence-electron chi connectivity index (χ0n) is 12.5. The van der Waals surface area contributed by atoms with E-state index < -0.39 is 5.97 Å². The topological polar surface area (TPSA) is 69.9 Å². The summed E-state index contributed by atoms with van der Waals surface area (Å²) in [6.07, 6.45) is 2.83. The largest absolute Gasteiger partial charge is 0.476 e. The third-order valence-electron chi connectivity index (χ3n) is 3.44. The van der Waals surface area contributed by atoms with Gasteiger partial charge in [-0.2, -0.15) is 0 Å². The summed E-state index contributed by atoms with van der Waals surface area (Å²) >= 11 is 0. The molecule has 0 aliphatic carbocycles. The number of anilines is 1. The minimum atomic E-state index is -0.975. The molecule has 0 saturated carbocycles. The molecule has 2 N–H and O–H groups in total. The van der Waals surface area contributed by atoms with Gasteiger partial charge in [0.1, 0.15) is 5.65 Å². The molecule has 6 nitrogen and oxygen atoms in total. The Balaban J connectivity index is 2.11. The van der Waals surface area contributed by atoms with Crippen LogP contribution in [0.5, 0.6) is 0 Å². The predicted octanol–water partition coefficient (Wildman–Crippen LogP) is 2.18. The van der Waals surface area contributed by atoms with Crippen molar-refractivity contribution in [3.05, 3.63) is 30.1 Å². The minimum Gasteiger partial charge on any atom is -0.476 e. The smallest absolute Gasteiger partial charge is 0.356 e. The van der Waals surface area contributed by atoms with Crippen LogP contribution in [0.25, 0.3) is 5.65 Å². The molecule has 0 bridgehead atoms. The van der Waals surface area contributed by atoms with Crippen LogP contribution < -0.4 is 5.32 Å². The lowest BCUT2D eigenvalue weighted by atomic mass is 10.4. The normalized spacial score (nSPS) is 11.2. The van der Waals surface area contributed by atoms with Crippen LogP contribution in [0.3, 0.4) is 0 Å². The molecule has 114 valence electrons. The molecule has 2 heterocycles. The third-order valence-corrected chi connectivity index (χ3v) is 3.44. The lowest BCUT2D eigenvalue weighted by Crippen LogP contribution is -2.30. The fraction of sp³-hybridized carbons (Fsp3) is 0.467. The zero-order valence-corrected chi connectivity index (χ0v) is 12.5. The van der Waals surface area contributed by atoms with Crippen molar-refractivity contribution >= 4 is 17.4 Å². The number of fused-ring (bicyclic) bond motifs is 1. The fourth-order valence-electron chi connectivity index (χ4n) is 2.40. The van der Waals surface area contributed by atoms with Gasteiger partial charge in [-0.15, -0.1) is 0 Å². The SMILES string of the molecule is CCCN(CC)CCNc1nc2ccccn2c1C(=O)O. The van der Waals surface area contributed by atoms with Gasteiger partial charge in [0.05, 0.1) is 0 Å². The standard InChI is InChI=1S/C15H22N4O2/c1-3-9-18(4-2)11-8-16-14-13(15(20)21)19-10-6-5-7-12(19)17-14/h5-7,10,16H,3-4,8-9,11H2,1-2H3,(H,20,21). The zero-order chi connectivity index (χ0) is 15.2. The summed E-state index contributed by atoms with van der Waals surface area (Å²) < 4.78 is 1.59. The molecule has 0 spiro atoms. The van der Waals surface area contributed by atoms with Crippen LogP contribution in [0.2, 0.25) is 0 Å². The van der Waals surface area contributed by atoms with Gasteiger partial charge in [-0.3, -0.25) is 4.40 Å². The Morgan fingerprint density at radius 3 is 2.86 bits per heavy atom. The number of pyridine rings is 1. The number of rotatable bonds is 8. The first kappa shape index (κ1) is 15.3. The van der Waals surface area contributed by atoms with E-state index in [1.54, 1.807) is 22.7 Å². The maximum Gasteiger partial charge on any atom is 0.356 e. The van der Waals surface area contributed by atoms with Crippen LogP contribution in [0.15, 0.2) is 24.4 Å². The highest BCUT2D eigenvalue weighted by molar-refractivity contribution is 5.92. The van der Waals surface area contributed by atoms with Gasteiger partial charge >= 0.3 is 5.97 Å². The summed E-state index contributed by atoms with van der Waals surface area (Å²) in [5.41, 5.74) is 0.822. The van der Waals surface area contributed by atoms with Gasteiger partial charge in [-0.05, 0) is 31.6 Å². The summed E-state index contributed by atoms with van der Waals surface area (Å²) in [4.78, 5) is 18.1. The van der Waals surface area contributed by atoms with E-state index in [-0.39, 0.29) is 5.69 Å². The van der Waals surface area contributed by atoms with Crippen molar-refractivity contribution in [3.8, 4) is 0 Å². The number of nitrogens with one attached hydrogen (secondary N) is 1. The number of nitrogens with zero attached hydrogens (tertiary/aromatic N) is 3.